The van der Waals surface area contributed by atoms with E-state index in [0.29, 0.717) is 6.07 Å². The first kappa shape index (κ1) is 24.3. The number of rotatable bonds is 8. The zero-order valence-electron chi connectivity index (χ0n) is 16.1. The standard InChI is InChI=1S/C19H16F3N3O7/c20-19(21,22)13-8-12(25(30)31)6-7-14(13)23-16(27)10-32-18(29)15(9-26)24-17(28)11-4-2-1-3-5-11/h1-8,15,26H,9-10H2,(H,23,27)(H,24,28). The van der Waals surface area contributed by atoms with Crippen molar-refractivity contribution in [2.75, 3.05) is 18.5 Å². The summed E-state index contributed by atoms with van der Waals surface area (Å²) in [7, 11) is 0. The summed E-state index contributed by atoms with van der Waals surface area (Å²) < 4.78 is 44.1. The van der Waals surface area contributed by atoms with Gasteiger partial charge in [-0.05, 0) is 18.2 Å². The summed E-state index contributed by atoms with van der Waals surface area (Å²) in [5, 5.41) is 24.0. The van der Waals surface area contributed by atoms with E-state index in [1.165, 1.54) is 12.1 Å². The molecule has 0 spiro atoms. The normalized spacial score (nSPS) is 11.9. The molecule has 10 nitrogen and oxygen atoms in total. The molecule has 170 valence electrons. The highest BCUT2D eigenvalue weighted by Crippen LogP contribution is 2.37. The Labute approximate surface area is 178 Å². The zero-order valence-corrected chi connectivity index (χ0v) is 16.1. The van der Waals surface area contributed by atoms with Crippen molar-refractivity contribution in [3.8, 4) is 0 Å². The fraction of sp³-hybridized carbons (Fsp3) is 0.211. The summed E-state index contributed by atoms with van der Waals surface area (Å²) >= 11 is 0. The Morgan fingerprint density at radius 1 is 1.12 bits per heavy atom. The lowest BCUT2D eigenvalue weighted by molar-refractivity contribution is -0.385. The first-order chi connectivity index (χ1) is 15.0. The molecule has 0 saturated heterocycles. The van der Waals surface area contributed by atoms with E-state index in [-0.39, 0.29) is 11.6 Å². The molecule has 0 saturated carbocycles. The minimum absolute atomic E-state index is 0.189. The SMILES string of the molecule is O=C(COC(=O)C(CO)NC(=O)c1ccccc1)Nc1ccc([N+](=O)[O-])cc1C(F)(F)F. The minimum Gasteiger partial charge on any atom is -0.454 e. The minimum atomic E-state index is -5.00. The predicted molar refractivity (Wildman–Crippen MR) is 102 cm³/mol. The summed E-state index contributed by atoms with van der Waals surface area (Å²) in [5.41, 5.74) is -2.88. The maximum atomic E-state index is 13.1. The van der Waals surface area contributed by atoms with Crippen LogP contribution in [0.5, 0.6) is 0 Å². The van der Waals surface area contributed by atoms with Crippen LogP contribution in [0.2, 0.25) is 0 Å². The molecule has 2 aromatic rings. The summed E-state index contributed by atoms with van der Waals surface area (Å²) in [5.74, 6) is -3.08. The molecule has 2 aromatic carbocycles. The molecule has 0 heterocycles. The van der Waals surface area contributed by atoms with Crippen molar-refractivity contribution in [2.45, 2.75) is 12.2 Å². The molecule has 32 heavy (non-hydrogen) atoms. The Kier molecular flexibility index (Phi) is 7.85. The molecule has 0 aliphatic rings. The van der Waals surface area contributed by atoms with Crippen LogP contribution in [0.1, 0.15) is 15.9 Å². The van der Waals surface area contributed by atoms with E-state index >= 15 is 0 Å². The summed E-state index contributed by atoms with van der Waals surface area (Å²) in [6, 6.07) is 7.87. The van der Waals surface area contributed by atoms with Crippen LogP contribution in [0.4, 0.5) is 24.5 Å². The van der Waals surface area contributed by atoms with Crippen molar-refractivity contribution >= 4 is 29.2 Å². The van der Waals surface area contributed by atoms with Crippen molar-refractivity contribution in [1.82, 2.24) is 5.32 Å². The van der Waals surface area contributed by atoms with Gasteiger partial charge in [-0.3, -0.25) is 19.7 Å². The number of alkyl halides is 3. The van der Waals surface area contributed by atoms with Gasteiger partial charge in [0.25, 0.3) is 17.5 Å². The third-order valence-electron chi connectivity index (χ3n) is 3.95. The van der Waals surface area contributed by atoms with Gasteiger partial charge in [0.15, 0.2) is 12.6 Å². The second-order valence-electron chi connectivity index (χ2n) is 6.22. The molecule has 0 aromatic heterocycles. The lowest BCUT2D eigenvalue weighted by Crippen LogP contribution is -2.45. The molecule has 0 radical (unpaired) electrons. The van der Waals surface area contributed by atoms with Crippen molar-refractivity contribution in [1.29, 1.82) is 0 Å². The van der Waals surface area contributed by atoms with Crippen LogP contribution >= 0.6 is 0 Å². The van der Waals surface area contributed by atoms with Crippen LogP contribution < -0.4 is 10.6 Å². The Balaban J connectivity index is 2.00. The second-order valence-corrected chi connectivity index (χ2v) is 6.22. The molecule has 0 fully saturated rings. The van der Waals surface area contributed by atoms with Crippen LogP contribution in [-0.4, -0.2) is 47.1 Å². The Morgan fingerprint density at radius 2 is 1.78 bits per heavy atom. The quantitative estimate of drug-likeness (QED) is 0.313. The number of aliphatic hydroxyl groups is 1. The number of nitrogens with zero attached hydrogens (tertiary/aromatic N) is 1. The van der Waals surface area contributed by atoms with Gasteiger partial charge in [0.05, 0.1) is 22.8 Å². The van der Waals surface area contributed by atoms with Crippen molar-refractivity contribution < 1.29 is 42.3 Å². The monoisotopic (exact) mass is 455 g/mol. The Morgan fingerprint density at radius 3 is 2.34 bits per heavy atom. The van der Waals surface area contributed by atoms with E-state index in [9.17, 15) is 42.8 Å². The van der Waals surface area contributed by atoms with Gasteiger partial charge in [0.2, 0.25) is 0 Å². The van der Waals surface area contributed by atoms with Crippen LogP contribution in [0.3, 0.4) is 0 Å². The van der Waals surface area contributed by atoms with Gasteiger partial charge >= 0.3 is 12.1 Å². The molecule has 2 rings (SSSR count). The van der Waals surface area contributed by atoms with Crippen molar-refractivity contribution in [3.05, 3.63) is 69.8 Å². The maximum absolute atomic E-state index is 13.1. The van der Waals surface area contributed by atoms with E-state index < -0.39 is 65.1 Å². The van der Waals surface area contributed by atoms with Crippen LogP contribution in [0, 0.1) is 10.1 Å². The zero-order chi connectivity index (χ0) is 23.9. The van der Waals surface area contributed by atoms with Gasteiger partial charge in [0.1, 0.15) is 0 Å². The van der Waals surface area contributed by atoms with Gasteiger partial charge in [-0.25, -0.2) is 4.79 Å². The fourth-order valence-electron chi connectivity index (χ4n) is 2.42. The van der Waals surface area contributed by atoms with Gasteiger partial charge in [0, 0.05) is 17.7 Å². The average molecular weight is 455 g/mol. The third-order valence-corrected chi connectivity index (χ3v) is 3.95. The van der Waals surface area contributed by atoms with E-state index in [1.54, 1.807) is 18.2 Å². The molecular weight excluding hydrogens is 439 g/mol. The maximum Gasteiger partial charge on any atom is 0.418 e. The number of hydrogen-bond donors (Lipinski definition) is 3. The molecule has 1 atom stereocenters. The molecule has 0 bridgehead atoms. The van der Waals surface area contributed by atoms with Gasteiger partial charge < -0.3 is 20.5 Å². The fourth-order valence-corrected chi connectivity index (χ4v) is 2.42. The third kappa shape index (κ3) is 6.50. The molecule has 0 aliphatic carbocycles. The first-order valence-corrected chi connectivity index (χ1v) is 8.81. The molecule has 13 heteroatoms. The Hall–Kier alpha value is -4.00. The number of halogens is 3. The number of non-ortho nitro benzene ring substituents is 1. The lowest BCUT2D eigenvalue weighted by atomic mass is 10.1. The summed E-state index contributed by atoms with van der Waals surface area (Å²) in [6.45, 7) is -1.90. The van der Waals surface area contributed by atoms with Gasteiger partial charge in [-0.15, -0.1) is 0 Å². The smallest absolute Gasteiger partial charge is 0.418 e. The van der Waals surface area contributed by atoms with Gasteiger partial charge in [-0.1, -0.05) is 18.2 Å². The number of ether oxygens (including phenoxy) is 1. The average Bonchev–Trinajstić information content (AvgIpc) is 2.75. The number of hydrogen-bond acceptors (Lipinski definition) is 7. The highest BCUT2D eigenvalue weighted by atomic mass is 19.4. The Bertz CT molecular complexity index is 1010. The lowest BCUT2D eigenvalue weighted by Gasteiger charge is -2.16. The van der Waals surface area contributed by atoms with Crippen molar-refractivity contribution in [3.63, 3.8) is 0 Å². The molecule has 3 N–H and O–H groups in total. The number of carbonyl (C=O) groups excluding carboxylic acids is 3. The molecule has 0 aliphatic heterocycles. The molecule has 1 unspecified atom stereocenters. The van der Waals surface area contributed by atoms with Crippen LogP contribution in [0.25, 0.3) is 0 Å². The van der Waals surface area contributed by atoms with Crippen molar-refractivity contribution in [2.24, 2.45) is 0 Å². The number of nitro groups is 1. The molecule has 2 amide bonds. The molecular formula is C19H16F3N3O7. The highest BCUT2D eigenvalue weighted by molar-refractivity contribution is 5.97. The number of amides is 2. The van der Waals surface area contributed by atoms with E-state index in [4.69, 9.17) is 0 Å². The van der Waals surface area contributed by atoms with Crippen LogP contribution in [-0.2, 0) is 20.5 Å². The predicted octanol–water partition coefficient (Wildman–Crippen LogP) is 1.89. The summed E-state index contributed by atoms with van der Waals surface area (Å²) in [4.78, 5) is 45.6. The number of anilines is 1. The number of carbonyl (C=O) groups is 3. The largest absolute Gasteiger partial charge is 0.454 e. The first-order valence-electron chi connectivity index (χ1n) is 8.81. The summed E-state index contributed by atoms with van der Waals surface area (Å²) in [6.07, 6.45) is -5.00. The number of nitrogens with one attached hydrogen (secondary N) is 2. The number of esters is 1. The van der Waals surface area contributed by atoms with Crippen LogP contribution in [0.15, 0.2) is 48.5 Å². The highest BCUT2D eigenvalue weighted by Gasteiger charge is 2.35. The van der Waals surface area contributed by atoms with Gasteiger partial charge in [-0.2, -0.15) is 13.2 Å². The number of nitro benzene ring substituents is 1. The number of benzene rings is 2. The van der Waals surface area contributed by atoms with E-state index in [1.807, 2.05) is 5.32 Å². The number of aliphatic hydroxyl groups excluding tert-OH is 1. The topological polar surface area (TPSA) is 148 Å². The van der Waals surface area contributed by atoms with E-state index in [0.717, 1.165) is 6.07 Å². The van der Waals surface area contributed by atoms with E-state index in [2.05, 4.69) is 10.1 Å². The second kappa shape index (κ2) is 10.3.